The molecule has 0 unspecified atom stereocenters. The molecule has 0 fully saturated rings. The molecule has 1 aromatic heterocycles. The van der Waals surface area contributed by atoms with E-state index in [4.69, 9.17) is 0 Å². The molecule has 0 atom stereocenters. The van der Waals surface area contributed by atoms with Crippen LogP contribution in [-0.4, -0.2) is 28.2 Å². The summed E-state index contributed by atoms with van der Waals surface area (Å²) in [5, 5.41) is 3.38. The second-order valence-electron chi connectivity index (χ2n) is 2.66. The van der Waals surface area contributed by atoms with Crippen molar-refractivity contribution in [3.05, 3.63) is 6.33 Å². The summed E-state index contributed by atoms with van der Waals surface area (Å²) < 4.78 is 5.01. The molecule has 3 nitrogen and oxygen atoms in total. The highest BCUT2D eigenvalue weighted by Crippen LogP contribution is 2.16. The lowest BCUT2D eigenvalue weighted by atomic mass is 10.3. The first-order chi connectivity index (χ1) is 6.43. The number of aromatic nitrogens is 2. The van der Waals surface area contributed by atoms with E-state index < -0.39 is 0 Å². The van der Waals surface area contributed by atoms with Crippen LogP contribution in [0.15, 0.2) is 10.7 Å². The summed E-state index contributed by atoms with van der Waals surface area (Å²) in [5.41, 5.74) is 0. The lowest BCUT2D eigenvalue weighted by Gasteiger charge is -2.00. The Morgan fingerprint density at radius 3 is 3.15 bits per heavy atom. The van der Waals surface area contributed by atoms with Crippen molar-refractivity contribution in [2.45, 2.75) is 24.1 Å². The van der Waals surface area contributed by atoms with E-state index in [0.29, 0.717) is 0 Å². The van der Waals surface area contributed by atoms with Gasteiger partial charge < -0.3 is 5.32 Å². The first-order valence-corrected chi connectivity index (χ1v) is 6.29. The maximum atomic E-state index is 4.09. The Labute approximate surface area is 87.5 Å². The third-order valence-electron chi connectivity index (χ3n) is 1.55. The van der Waals surface area contributed by atoms with Gasteiger partial charge in [0.25, 0.3) is 0 Å². The molecular formula is C8H15N3S2. The van der Waals surface area contributed by atoms with Gasteiger partial charge in [-0.1, -0.05) is 25.1 Å². The molecule has 0 radical (unpaired) electrons. The van der Waals surface area contributed by atoms with Crippen LogP contribution in [0.3, 0.4) is 0 Å². The van der Waals surface area contributed by atoms with Crippen LogP contribution in [0.1, 0.15) is 19.8 Å². The summed E-state index contributed by atoms with van der Waals surface area (Å²) in [6, 6.07) is 0. The number of hydrogen-bond donors (Lipinski definition) is 1. The zero-order chi connectivity index (χ0) is 9.36. The van der Waals surface area contributed by atoms with Gasteiger partial charge in [-0.25, -0.2) is 4.98 Å². The minimum Gasteiger partial charge on any atom is -0.316 e. The van der Waals surface area contributed by atoms with Crippen LogP contribution in [0.2, 0.25) is 0 Å². The van der Waals surface area contributed by atoms with Crippen LogP contribution in [-0.2, 0) is 0 Å². The Morgan fingerprint density at radius 1 is 1.54 bits per heavy atom. The summed E-state index contributed by atoms with van der Waals surface area (Å²) in [7, 11) is 0. The Bertz CT molecular complexity index is 201. The molecule has 1 aromatic rings. The van der Waals surface area contributed by atoms with Gasteiger partial charge in [-0.05, 0) is 24.5 Å². The third-order valence-corrected chi connectivity index (χ3v) is 3.35. The standard InChI is InChI=1S/C8H15N3S2/c1-2-3-4-9-5-6-12-8-10-7-11-13-8/h7,9H,2-6H2,1H3. The van der Waals surface area contributed by atoms with Gasteiger partial charge in [-0.2, -0.15) is 4.37 Å². The molecular weight excluding hydrogens is 202 g/mol. The maximum absolute atomic E-state index is 4.09. The highest BCUT2D eigenvalue weighted by Gasteiger charge is 1.95. The monoisotopic (exact) mass is 217 g/mol. The van der Waals surface area contributed by atoms with E-state index in [1.165, 1.54) is 24.4 Å². The van der Waals surface area contributed by atoms with Gasteiger partial charge in [0.1, 0.15) is 6.33 Å². The summed E-state index contributed by atoms with van der Waals surface area (Å²) in [6.45, 7) is 4.40. The largest absolute Gasteiger partial charge is 0.316 e. The molecule has 1 heterocycles. The molecule has 0 bridgehead atoms. The lowest BCUT2D eigenvalue weighted by molar-refractivity contribution is 0.666. The van der Waals surface area contributed by atoms with Crippen LogP contribution >= 0.6 is 23.3 Å². The summed E-state index contributed by atoms with van der Waals surface area (Å²) in [4.78, 5) is 4.09. The van der Waals surface area contributed by atoms with Gasteiger partial charge in [0.2, 0.25) is 0 Å². The van der Waals surface area contributed by atoms with Crippen LogP contribution in [0, 0.1) is 0 Å². The fourth-order valence-electron chi connectivity index (χ4n) is 0.864. The first-order valence-electron chi connectivity index (χ1n) is 4.53. The van der Waals surface area contributed by atoms with Crippen molar-refractivity contribution in [3.63, 3.8) is 0 Å². The number of nitrogens with one attached hydrogen (secondary N) is 1. The van der Waals surface area contributed by atoms with E-state index in [9.17, 15) is 0 Å². The zero-order valence-corrected chi connectivity index (χ0v) is 9.46. The second-order valence-corrected chi connectivity index (χ2v) is 4.78. The van der Waals surface area contributed by atoms with Crippen LogP contribution in [0.25, 0.3) is 0 Å². The summed E-state index contributed by atoms with van der Waals surface area (Å²) >= 11 is 3.23. The molecule has 5 heteroatoms. The molecule has 0 spiro atoms. The van der Waals surface area contributed by atoms with Crippen LogP contribution < -0.4 is 5.32 Å². The van der Waals surface area contributed by atoms with Gasteiger partial charge >= 0.3 is 0 Å². The van der Waals surface area contributed by atoms with Crippen molar-refractivity contribution < 1.29 is 0 Å². The van der Waals surface area contributed by atoms with E-state index in [1.807, 2.05) is 0 Å². The smallest absolute Gasteiger partial charge is 0.169 e. The molecule has 0 saturated heterocycles. The molecule has 1 N–H and O–H groups in total. The van der Waals surface area contributed by atoms with Crippen molar-refractivity contribution in [1.82, 2.24) is 14.7 Å². The Kier molecular flexibility index (Phi) is 6.14. The lowest BCUT2D eigenvalue weighted by Crippen LogP contribution is -2.18. The highest BCUT2D eigenvalue weighted by atomic mass is 32.2. The topological polar surface area (TPSA) is 37.8 Å². The van der Waals surface area contributed by atoms with Crippen molar-refractivity contribution in [2.24, 2.45) is 0 Å². The van der Waals surface area contributed by atoms with Crippen molar-refractivity contribution >= 4 is 23.3 Å². The van der Waals surface area contributed by atoms with E-state index in [2.05, 4.69) is 21.6 Å². The molecule has 0 aromatic carbocycles. The van der Waals surface area contributed by atoms with Crippen molar-refractivity contribution in [1.29, 1.82) is 0 Å². The van der Waals surface area contributed by atoms with Gasteiger partial charge in [-0.3, -0.25) is 0 Å². The molecule has 0 aliphatic rings. The molecule has 0 amide bonds. The molecule has 0 aliphatic heterocycles. The number of nitrogens with zero attached hydrogens (tertiary/aromatic N) is 2. The van der Waals surface area contributed by atoms with E-state index in [0.717, 1.165) is 23.2 Å². The summed E-state index contributed by atoms with van der Waals surface area (Å²) in [6.07, 6.45) is 4.14. The predicted molar refractivity (Wildman–Crippen MR) is 58.4 cm³/mol. The highest BCUT2D eigenvalue weighted by molar-refractivity contribution is 8.00. The fraction of sp³-hybridized carbons (Fsp3) is 0.750. The third kappa shape index (κ3) is 5.23. The van der Waals surface area contributed by atoms with Gasteiger partial charge in [0.15, 0.2) is 4.34 Å². The molecule has 0 aliphatic carbocycles. The van der Waals surface area contributed by atoms with E-state index in [1.54, 1.807) is 18.1 Å². The minimum atomic E-state index is 1.06. The van der Waals surface area contributed by atoms with E-state index >= 15 is 0 Å². The number of thioether (sulfide) groups is 1. The first kappa shape index (κ1) is 10.9. The van der Waals surface area contributed by atoms with Crippen LogP contribution in [0.5, 0.6) is 0 Å². The Balaban J connectivity index is 1.90. The van der Waals surface area contributed by atoms with E-state index in [-0.39, 0.29) is 0 Å². The quantitative estimate of drug-likeness (QED) is 0.560. The Morgan fingerprint density at radius 2 is 2.46 bits per heavy atom. The summed E-state index contributed by atoms with van der Waals surface area (Å²) in [5.74, 6) is 1.08. The average molecular weight is 217 g/mol. The average Bonchev–Trinajstić information content (AvgIpc) is 2.63. The molecule has 74 valence electrons. The second kappa shape index (κ2) is 7.29. The number of hydrogen-bond acceptors (Lipinski definition) is 5. The van der Waals surface area contributed by atoms with Crippen molar-refractivity contribution in [3.8, 4) is 0 Å². The number of rotatable bonds is 7. The molecule has 0 saturated carbocycles. The zero-order valence-electron chi connectivity index (χ0n) is 7.82. The van der Waals surface area contributed by atoms with Gasteiger partial charge in [0, 0.05) is 12.3 Å². The number of unbranched alkanes of at least 4 members (excludes halogenated alkanes) is 1. The normalized spacial score (nSPS) is 10.5. The molecule has 13 heavy (non-hydrogen) atoms. The maximum Gasteiger partial charge on any atom is 0.169 e. The van der Waals surface area contributed by atoms with Crippen molar-refractivity contribution in [2.75, 3.05) is 18.8 Å². The minimum absolute atomic E-state index is 1.06. The van der Waals surface area contributed by atoms with Gasteiger partial charge in [-0.15, -0.1) is 0 Å². The molecule has 1 rings (SSSR count). The SMILES string of the molecule is CCCCNCCSc1ncns1. The predicted octanol–water partition coefficient (Wildman–Crippen LogP) is 2.02. The van der Waals surface area contributed by atoms with Gasteiger partial charge in [0.05, 0.1) is 0 Å². The van der Waals surface area contributed by atoms with Crippen LogP contribution in [0.4, 0.5) is 0 Å². The fourth-order valence-corrected chi connectivity index (χ4v) is 2.28. The Hall–Kier alpha value is -0.130.